The minimum Gasteiger partial charge on any atom is -0.340 e. The van der Waals surface area contributed by atoms with Crippen molar-refractivity contribution in [2.45, 2.75) is 53.5 Å². The van der Waals surface area contributed by atoms with E-state index in [4.69, 9.17) is 4.99 Å². The highest BCUT2D eigenvalue weighted by molar-refractivity contribution is 7.16. The Morgan fingerprint density at radius 3 is 2.58 bits per heavy atom. The maximum absolute atomic E-state index is 9.98. The van der Waals surface area contributed by atoms with Crippen LogP contribution in [0.2, 0.25) is 0 Å². The fraction of sp³-hybridized carbons (Fsp3) is 0.323. The molecule has 4 nitrogen and oxygen atoms in total. The Bertz CT molecular complexity index is 1560. The topological polar surface area (TPSA) is 64.9 Å². The summed E-state index contributed by atoms with van der Waals surface area (Å²) in [7, 11) is 0. The van der Waals surface area contributed by atoms with Gasteiger partial charge in [-0.05, 0) is 60.8 Å². The molecule has 0 unspecified atom stereocenters. The highest BCUT2D eigenvalue weighted by Gasteiger charge is 2.32. The minimum absolute atomic E-state index is 0.265. The molecule has 1 aliphatic rings. The van der Waals surface area contributed by atoms with Crippen molar-refractivity contribution in [3.63, 3.8) is 0 Å². The third-order valence-electron chi connectivity index (χ3n) is 7.64. The lowest BCUT2D eigenvalue weighted by molar-refractivity contribution is 0.218. The molecule has 1 atom stereocenters. The van der Waals surface area contributed by atoms with E-state index in [1.54, 1.807) is 11.3 Å². The molecule has 180 valence electrons. The number of aliphatic imine (C=N–C) groups is 1. The molecule has 0 amide bonds. The molecule has 0 radical (unpaired) electrons. The van der Waals surface area contributed by atoms with Crippen molar-refractivity contribution >= 4 is 33.5 Å². The molecule has 4 aromatic rings. The molecule has 1 aliphatic carbocycles. The molecule has 0 saturated heterocycles. The average Bonchev–Trinajstić information content (AvgIpc) is 3.36. The van der Waals surface area contributed by atoms with Crippen molar-refractivity contribution in [3.8, 4) is 12.1 Å². The Morgan fingerprint density at radius 1 is 1.08 bits per heavy atom. The van der Waals surface area contributed by atoms with Crippen LogP contribution in [0.4, 0.5) is 5.00 Å². The van der Waals surface area contributed by atoms with Gasteiger partial charge < -0.3 is 4.57 Å². The standard InChI is InChI=1S/C31H30N4S/c1-20-27(18-34-30-26(17-33)25-14-13-23(31(2,3)4)15-29(25)36-30)24-11-7-8-12-28(24)35(20)19-22-10-6-5-9-21(22)16-32/h5-12,18,23H,13-15,19H2,1-4H3/t23-/m1/s1. The van der Waals surface area contributed by atoms with Gasteiger partial charge in [0.25, 0.3) is 0 Å². The van der Waals surface area contributed by atoms with Gasteiger partial charge in [-0.15, -0.1) is 11.3 Å². The van der Waals surface area contributed by atoms with Crippen LogP contribution in [-0.4, -0.2) is 10.8 Å². The second-order valence-electron chi connectivity index (χ2n) is 10.7. The fourth-order valence-electron chi connectivity index (χ4n) is 5.40. The van der Waals surface area contributed by atoms with Crippen molar-refractivity contribution in [1.29, 1.82) is 10.5 Å². The van der Waals surface area contributed by atoms with Crippen LogP contribution in [0.1, 0.15) is 65.6 Å². The maximum Gasteiger partial charge on any atom is 0.134 e. The van der Waals surface area contributed by atoms with E-state index in [0.29, 0.717) is 18.0 Å². The summed E-state index contributed by atoms with van der Waals surface area (Å²) in [5.74, 6) is 0.628. The van der Waals surface area contributed by atoms with Crippen molar-refractivity contribution in [2.75, 3.05) is 0 Å². The average molecular weight is 491 g/mol. The molecule has 0 saturated carbocycles. The SMILES string of the molecule is Cc1c(C=Nc2sc3c(c2C#N)CC[C@@H](C(C)(C)C)C3)c2ccccc2n1Cc1ccccc1C#N. The number of nitriles is 2. The predicted octanol–water partition coefficient (Wildman–Crippen LogP) is 7.70. The molecule has 0 bridgehead atoms. The molecule has 0 spiro atoms. The second kappa shape index (κ2) is 9.41. The molecule has 2 aromatic heterocycles. The summed E-state index contributed by atoms with van der Waals surface area (Å²) in [6.07, 6.45) is 5.05. The molecule has 2 heterocycles. The molecular weight excluding hydrogens is 460 g/mol. The molecule has 0 fully saturated rings. The highest BCUT2D eigenvalue weighted by atomic mass is 32.1. The summed E-state index contributed by atoms with van der Waals surface area (Å²) in [6.45, 7) is 9.67. The van der Waals surface area contributed by atoms with Gasteiger partial charge in [-0.25, -0.2) is 4.99 Å². The number of aromatic nitrogens is 1. The van der Waals surface area contributed by atoms with Crippen LogP contribution < -0.4 is 0 Å². The van der Waals surface area contributed by atoms with E-state index >= 15 is 0 Å². The van der Waals surface area contributed by atoms with E-state index in [0.717, 1.165) is 57.6 Å². The smallest absolute Gasteiger partial charge is 0.134 e. The van der Waals surface area contributed by atoms with Crippen LogP contribution in [0.3, 0.4) is 0 Å². The number of hydrogen-bond donors (Lipinski definition) is 0. The first kappa shape index (κ1) is 24.0. The van der Waals surface area contributed by atoms with Gasteiger partial charge in [0, 0.05) is 39.8 Å². The van der Waals surface area contributed by atoms with Crippen LogP contribution in [0, 0.1) is 40.9 Å². The lowest BCUT2D eigenvalue weighted by Crippen LogP contribution is -2.26. The number of benzene rings is 2. The Morgan fingerprint density at radius 2 is 1.83 bits per heavy atom. The highest BCUT2D eigenvalue weighted by Crippen LogP contribution is 2.45. The van der Waals surface area contributed by atoms with Crippen LogP contribution in [-0.2, 0) is 19.4 Å². The molecule has 36 heavy (non-hydrogen) atoms. The molecule has 5 heteroatoms. The second-order valence-corrected chi connectivity index (χ2v) is 11.8. The Labute approximate surface area is 217 Å². The number of nitrogens with zero attached hydrogens (tertiary/aromatic N) is 4. The van der Waals surface area contributed by atoms with E-state index in [1.807, 2.05) is 42.6 Å². The van der Waals surface area contributed by atoms with Gasteiger partial charge in [0.05, 0.1) is 17.2 Å². The van der Waals surface area contributed by atoms with Gasteiger partial charge in [0.2, 0.25) is 0 Å². The summed E-state index contributed by atoms with van der Waals surface area (Å²) in [5.41, 5.74) is 7.19. The van der Waals surface area contributed by atoms with Crippen molar-refractivity contribution < 1.29 is 0 Å². The van der Waals surface area contributed by atoms with E-state index in [2.05, 4.69) is 56.5 Å². The Kier molecular flexibility index (Phi) is 6.29. The van der Waals surface area contributed by atoms with Crippen LogP contribution in [0.15, 0.2) is 53.5 Å². The quantitative estimate of drug-likeness (QED) is 0.275. The van der Waals surface area contributed by atoms with Gasteiger partial charge in [0.1, 0.15) is 11.1 Å². The summed E-state index contributed by atoms with van der Waals surface area (Å²) in [5, 5.41) is 21.5. The number of hydrogen-bond acceptors (Lipinski definition) is 4. The monoisotopic (exact) mass is 490 g/mol. The van der Waals surface area contributed by atoms with Crippen molar-refractivity contribution in [3.05, 3.63) is 86.9 Å². The largest absolute Gasteiger partial charge is 0.340 e. The number of thiophene rings is 1. The molecule has 0 N–H and O–H groups in total. The predicted molar refractivity (Wildman–Crippen MR) is 148 cm³/mol. The summed E-state index contributed by atoms with van der Waals surface area (Å²) in [4.78, 5) is 6.24. The van der Waals surface area contributed by atoms with Crippen LogP contribution >= 0.6 is 11.3 Å². The number of para-hydroxylation sites is 1. The summed E-state index contributed by atoms with van der Waals surface area (Å²) >= 11 is 1.69. The van der Waals surface area contributed by atoms with Gasteiger partial charge in [0.15, 0.2) is 0 Å². The van der Waals surface area contributed by atoms with Crippen molar-refractivity contribution in [2.24, 2.45) is 16.3 Å². The van der Waals surface area contributed by atoms with Crippen molar-refractivity contribution in [1.82, 2.24) is 4.57 Å². The van der Waals surface area contributed by atoms with Gasteiger partial charge >= 0.3 is 0 Å². The van der Waals surface area contributed by atoms with Crippen LogP contribution in [0.25, 0.3) is 10.9 Å². The zero-order valence-corrected chi connectivity index (χ0v) is 22.1. The third-order valence-corrected chi connectivity index (χ3v) is 8.80. The zero-order chi connectivity index (χ0) is 25.4. The van der Waals surface area contributed by atoms with E-state index in [-0.39, 0.29) is 5.41 Å². The van der Waals surface area contributed by atoms with E-state index in [1.165, 1.54) is 10.4 Å². The van der Waals surface area contributed by atoms with E-state index < -0.39 is 0 Å². The Balaban J connectivity index is 1.54. The minimum atomic E-state index is 0.265. The lowest BCUT2D eigenvalue weighted by Gasteiger charge is -2.33. The normalized spacial score (nSPS) is 15.7. The first-order chi connectivity index (χ1) is 17.3. The first-order valence-corrected chi connectivity index (χ1v) is 13.3. The molecular formula is C31H30N4S. The number of rotatable bonds is 4. The van der Waals surface area contributed by atoms with Gasteiger partial charge in [-0.1, -0.05) is 57.2 Å². The maximum atomic E-state index is 9.98. The molecule has 2 aromatic carbocycles. The summed E-state index contributed by atoms with van der Waals surface area (Å²) < 4.78 is 2.26. The van der Waals surface area contributed by atoms with Gasteiger partial charge in [-0.2, -0.15) is 10.5 Å². The van der Waals surface area contributed by atoms with Crippen LogP contribution in [0.5, 0.6) is 0 Å². The Hall–Kier alpha value is -3.67. The third kappa shape index (κ3) is 4.25. The summed E-state index contributed by atoms with van der Waals surface area (Å²) in [6, 6.07) is 20.9. The number of fused-ring (bicyclic) bond motifs is 2. The first-order valence-electron chi connectivity index (χ1n) is 12.5. The van der Waals surface area contributed by atoms with Gasteiger partial charge in [-0.3, -0.25) is 0 Å². The molecule has 0 aliphatic heterocycles. The lowest BCUT2D eigenvalue weighted by atomic mass is 9.72. The zero-order valence-electron chi connectivity index (χ0n) is 21.3. The van der Waals surface area contributed by atoms with E-state index in [9.17, 15) is 10.5 Å². The molecule has 5 rings (SSSR count). The fourth-order valence-corrected chi connectivity index (χ4v) is 6.62.